The van der Waals surface area contributed by atoms with Gasteiger partial charge >= 0.3 is 7.60 Å². The van der Waals surface area contributed by atoms with Crippen molar-refractivity contribution in [3.05, 3.63) is 0 Å². The van der Waals surface area contributed by atoms with E-state index in [9.17, 15) is 49.6 Å². The van der Waals surface area contributed by atoms with Crippen LogP contribution in [0.15, 0.2) is 0 Å². The molecule has 27 atom stereocenters. The van der Waals surface area contributed by atoms with Gasteiger partial charge in [-0.1, -0.05) is 23.6 Å². The monoisotopic (exact) mass is 1530 g/mol. The van der Waals surface area contributed by atoms with Crippen LogP contribution in [0.25, 0.3) is 0 Å². The average molecular weight is 1540 g/mol. The normalized spacial score (nSPS) is 37.5. The van der Waals surface area contributed by atoms with Crippen LogP contribution in [0.2, 0.25) is 0 Å². The summed E-state index contributed by atoms with van der Waals surface area (Å²) in [5.41, 5.74) is -2.87. The highest BCUT2D eigenvalue weighted by molar-refractivity contribution is 8.06. The first-order valence-corrected chi connectivity index (χ1v) is 40.6. The van der Waals surface area contributed by atoms with Crippen molar-refractivity contribution in [2.24, 2.45) is 0 Å². The molecule has 0 aromatic rings. The number of ether oxygens (including phenoxy) is 12. The largest absolute Gasteiger partial charge is 0.780 e. The zero-order chi connectivity index (χ0) is 75.3. The number of aliphatic hydroxyl groups excluding tert-OH is 6. The highest BCUT2D eigenvalue weighted by atomic mass is 32.5. The van der Waals surface area contributed by atoms with Gasteiger partial charge in [0, 0.05) is 6.66 Å². The standard InChI is InChI=1S/C21H41O9P.C20H39O10P.C20H39O9PS.HOP.HPS/c1-12-16(22)18(29-21(6,7)8)15(28-12)11-26-31(9,24)30-19-14(10-25-20(3,4)5)27-13(2)17(19)23;1-11-15(21)17(29-20(6,7)8)14(28-11)10-26-31(23,24)30-18-13(9-25-19(3,4)5)27-12(2)16(18)22;1-11-15(21)17(28-20(6,7)8)14(27-11)10-25-30(23,31)29-18-13(9-24-19(3,4)5)26-12(2)16(18)22;2*1-2/h12-19,22-23H,10-11H2,1-9H3;11-18,21-22H,9-10H2,1-8H3,(H,23,24);11-18,21-22H,9-10H2,1-8H3,(H,23,31);2H;1H/p-2/t12-,13-,14+,15+,16?,17?,18-,19-,31?;11-,12-,13+,14+,15?,16?,17-,18-;11-,12-,13+,14+,15?,16?,17-,18-,30?;;/m000../s1. The van der Waals surface area contributed by atoms with Crippen molar-refractivity contribution in [1.82, 2.24) is 0 Å². The zero-order valence-electron chi connectivity index (χ0n) is 61.3. The van der Waals surface area contributed by atoms with E-state index < -0.39 is 209 Å². The van der Waals surface area contributed by atoms with E-state index in [1.807, 2.05) is 125 Å². The summed E-state index contributed by atoms with van der Waals surface area (Å²) in [6.45, 7) is 40.9. The van der Waals surface area contributed by atoms with Crippen LogP contribution in [0.4, 0.5) is 0 Å². The van der Waals surface area contributed by atoms with E-state index in [-0.39, 0.29) is 33.0 Å². The average Bonchev–Trinajstić information content (AvgIpc) is 1.71. The van der Waals surface area contributed by atoms with Crippen molar-refractivity contribution in [2.75, 3.05) is 46.3 Å². The molecule has 0 amide bonds. The Morgan fingerprint density at radius 3 is 0.835 bits per heavy atom. The third-order valence-corrected chi connectivity index (χ3v) is 18.8. The summed E-state index contributed by atoms with van der Waals surface area (Å²) >= 11 is 8.96. The van der Waals surface area contributed by atoms with E-state index in [0.29, 0.717) is 0 Å². The highest BCUT2D eigenvalue weighted by Gasteiger charge is 2.51. The van der Waals surface area contributed by atoms with Crippen LogP contribution in [-0.4, -0.2) is 257 Å². The molecule has 0 spiro atoms. The molecule has 576 valence electrons. The quantitative estimate of drug-likeness (QED) is 0.0604. The summed E-state index contributed by atoms with van der Waals surface area (Å²) in [7, 11) is -4.15. The van der Waals surface area contributed by atoms with Crippen molar-refractivity contribution in [3.8, 4) is 0 Å². The molecule has 0 aliphatic carbocycles. The number of hydrogen-bond acceptors (Lipinski definition) is 31. The summed E-state index contributed by atoms with van der Waals surface area (Å²) in [5.74, 6) is 0. The zero-order valence-corrected chi connectivity index (χ0v) is 67.6. The van der Waals surface area contributed by atoms with E-state index >= 15 is 0 Å². The summed E-state index contributed by atoms with van der Waals surface area (Å²) < 4.78 is 135. The number of rotatable bonds is 24. The Morgan fingerprint density at radius 1 is 0.361 bits per heavy atom. The maximum atomic E-state index is 13.1. The minimum absolute atomic E-state index is 0.0481. The minimum atomic E-state index is -4.84. The molecule has 0 bridgehead atoms. The van der Waals surface area contributed by atoms with Crippen LogP contribution in [0.1, 0.15) is 166 Å². The van der Waals surface area contributed by atoms with Crippen molar-refractivity contribution < 1.29 is 138 Å². The maximum Gasteiger partial charge on any atom is 0.328 e. The molecule has 6 fully saturated rings. The summed E-state index contributed by atoms with van der Waals surface area (Å²) in [4.78, 5) is 25.4. The Kier molecular flexibility index (Phi) is 37.7. The van der Waals surface area contributed by atoms with Crippen LogP contribution in [0.5, 0.6) is 0 Å². The maximum absolute atomic E-state index is 13.1. The molecule has 6 N–H and O–H groups in total. The molecule has 9 unspecified atom stereocenters. The fraction of sp³-hybridized carbons (Fsp3) is 1.00. The van der Waals surface area contributed by atoms with Crippen molar-refractivity contribution in [3.63, 3.8) is 0 Å². The first-order chi connectivity index (χ1) is 44.0. The second-order valence-electron chi connectivity index (χ2n) is 30.8. The van der Waals surface area contributed by atoms with Gasteiger partial charge in [0.05, 0.1) is 110 Å². The van der Waals surface area contributed by atoms with Gasteiger partial charge in [-0.25, -0.2) is 0 Å². The number of phosphoric ester groups is 1. The van der Waals surface area contributed by atoms with Crippen LogP contribution in [0, 0.1) is 0 Å². The van der Waals surface area contributed by atoms with Gasteiger partial charge in [-0.05, 0) is 174 Å². The summed E-state index contributed by atoms with van der Waals surface area (Å²) in [5, 5.41) is 62.4. The number of phosphoric acid groups is 1. The molecular weight excluding hydrogens is 1420 g/mol. The van der Waals surface area contributed by atoms with E-state index in [2.05, 4.69) is 19.8 Å². The van der Waals surface area contributed by atoms with Crippen LogP contribution in [-0.2, 0) is 121 Å². The minimum Gasteiger partial charge on any atom is -0.780 e. The summed E-state index contributed by atoms with van der Waals surface area (Å²) in [6, 6.07) is 0. The molecule has 29 nitrogen and oxygen atoms in total. The lowest BCUT2D eigenvalue weighted by Crippen LogP contribution is -2.42. The van der Waals surface area contributed by atoms with E-state index in [0.717, 1.165) is 0 Å². The third kappa shape index (κ3) is 32.8. The summed E-state index contributed by atoms with van der Waals surface area (Å²) in [6.07, 6.45) is -18.0. The van der Waals surface area contributed by atoms with Gasteiger partial charge in [-0.2, -0.15) is 0 Å². The third-order valence-electron chi connectivity index (χ3n) is 15.0. The smallest absolute Gasteiger partial charge is 0.328 e. The highest BCUT2D eigenvalue weighted by Crippen LogP contribution is 2.50. The Labute approximate surface area is 590 Å². The molecular formula is C61H119O29P5S2-2. The Morgan fingerprint density at radius 2 is 0.577 bits per heavy atom. The van der Waals surface area contributed by atoms with E-state index in [1.165, 1.54) is 6.66 Å². The van der Waals surface area contributed by atoms with E-state index in [1.54, 1.807) is 50.7 Å². The van der Waals surface area contributed by atoms with Gasteiger partial charge in [-0.3, -0.25) is 18.2 Å². The first-order valence-electron chi connectivity index (χ1n) is 32.5. The predicted octanol–water partition coefficient (Wildman–Crippen LogP) is 5.99. The first kappa shape index (κ1) is 93.8. The van der Waals surface area contributed by atoms with Gasteiger partial charge < -0.3 is 120 Å². The molecule has 36 heteroatoms. The molecule has 6 rings (SSSR count). The fourth-order valence-electron chi connectivity index (χ4n) is 10.5. The van der Waals surface area contributed by atoms with Crippen LogP contribution in [0.3, 0.4) is 0 Å². The van der Waals surface area contributed by atoms with Crippen LogP contribution >= 0.6 is 39.3 Å². The van der Waals surface area contributed by atoms with Crippen LogP contribution < -0.4 is 9.79 Å². The molecule has 0 aromatic heterocycles. The topological polar surface area (TPSA) is 385 Å². The SMILES string of the molecule is C[C@@H]1O[C@H](COP(=O)([O-])O[C@@H]2C(O)[C@H](C)O[C@@H]2COC(C)(C)C)[C@H](OC(C)(C)C)C1O.C[C@@H]1O[C@H](COP(C)(=O)O[C@@H]2C(O)[C@H](C)O[C@@H]2COC(C)(C)C)[C@H](OC(C)(C)C)C1O.C[C@@H]1O[C@H](COP([O-])(=S)O[C@@H]2C(O)[C@H](C)O[C@@H]2COC(C)(C)C)[C@H](OC(C)(C)C)C1O.O=P.P=S. The fourth-order valence-corrected chi connectivity index (χ4v) is 14.1. The molecule has 0 radical (unpaired) electrons. The Bertz CT molecular complexity index is 2200. The molecule has 0 saturated carbocycles. The molecule has 97 heavy (non-hydrogen) atoms. The molecule has 6 heterocycles. The molecule has 6 aliphatic rings. The van der Waals surface area contributed by atoms with Gasteiger partial charge in [-0.15, -0.1) is 0 Å². The van der Waals surface area contributed by atoms with Crippen molar-refractivity contribution in [1.29, 1.82) is 0 Å². The second-order valence-corrected chi connectivity index (χ2v) is 36.9. The molecule has 6 saturated heterocycles. The second kappa shape index (κ2) is 39.0. The Hall–Kier alpha value is 0.690. The van der Waals surface area contributed by atoms with Gasteiger partial charge in [0.1, 0.15) is 126 Å². The predicted molar refractivity (Wildman–Crippen MR) is 366 cm³/mol. The number of hydrogen-bond donors (Lipinski definition) is 6. The van der Waals surface area contributed by atoms with E-state index in [4.69, 9.17) is 100 Å². The lowest BCUT2D eigenvalue weighted by atomic mass is 10.1. The van der Waals surface area contributed by atoms with Crippen molar-refractivity contribution in [2.45, 2.75) is 346 Å². The lowest BCUT2D eigenvalue weighted by Gasteiger charge is -2.35. The van der Waals surface area contributed by atoms with Gasteiger partial charge in [0.2, 0.25) is 0 Å². The van der Waals surface area contributed by atoms with Gasteiger partial charge in [0.25, 0.3) is 7.82 Å². The number of aliphatic hydroxyl groups is 6. The lowest BCUT2D eigenvalue weighted by molar-refractivity contribution is -0.237. The Balaban J connectivity index is 0.000000482. The van der Waals surface area contributed by atoms with Crippen molar-refractivity contribution >= 4 is 62.9 Å². The van der Waals surface area contributed by atoms with Gasteiger partial charge in [0.15, 0.2) is 0 Å². The molecule has 6 aliphatic heterocycles. The molecule has 0 aromatic carbocycles.